The number of rotatable bonds is 13. The van der Waals surface area contributed by atoms with E-state index in [1.165, 1.54) is 32.7 Å². The molecule has 0 atom stereocenters. The van der Waals surface area contributed by atoms with Gasteiger partial charge in [0, 0.05) is 26.2 Å². The lowest BCUT2D eigenvalue weighted by Crippen LogP contribution is -2.22. The van der Waals surface area contributed by atoms with E-state index in [-0.39, 0.29) is 12.4 Å². The minimum Gasteiger partial charge on any atom is -0.378 e. The maximum Gasteiger partial charge on any atom is 0.0701 e. The van der Waals surface area contributed by atoms with Crippen molar-refractivity contribution in [1.29, 1.82) is 0 Å². The molecule has 0 amide bonds. The molecule has 4 nitrogen and oxygen atoms in total. The van der Waals surface area contributed by atoms with E-state index in [9.17, 15) is 0 Å². The molecule has 0 unspecified atom stereocenters. The van der Waals surface area contributed by atoms with Crippen LogP contribution in [0.2, 0.25) is 0 Å². The molecule has 0 bridgehead atoms. The molecular formula is C28H33ClN2O2. The molecule has 5 heteroatoms. The van der Waals surface area contributed by atoms with E-state index in [0.29, 0.717) is 26.4 Å². The van der Waals surface area contributed by atoms with Crippen LogP contribution >= 0.6 is 12.4 Å². The van der Waals surface area contributed by atoms with Gasteiger partial charge in [-0.25, -0.2) is 0 Å². The van der Waals surface area contributed by atoms with E-state index in [0.717, 1.165) is 26.2 Å². The summed E-state index contributed by atoms with van der Waals surface area (Å²) in [7, 11) is 0. The summed E-state index contributed by atoms with van der Waals surface area (Å²) in [6.07, 6.45) is 0. The average molecular weight is 465 g/mol. The third-order valence-corrected chi connectivity index (χ3v) is 5.50. The number of fused-ring (bicyclic) bond motifs is 2. The predicted molar refractivity (Wildman–Crippen MR) is 140 cm³/mol. The molecule has 2 N–H and O–H groups in total. The minimum absolute atomic E-state index is 0. The number of hydrogen-bond acceptors (Lipinski definition) is 4. The van der Waals surface area contributed by atoms with Crippen LogP contribution in [0.3, 0.4) is 0 Å². The third-order valence-electron chi connectivity index (χ3n) is 5.50. The van der Waals surface area contributed by atoms with Gasteiger partial charge in [0.05, 0.1) is 26.4 Å². The summed E-state index contributed by atoms with van der Waals surface area (Å²) in [4.78, 5) is 0. The maximum atomic E-state index is 5.65. The molecule has 0 aromatic heterocycles. The number of halogens is 1. The molecule has 33 heavy (non-hydrogen) atoms. The zero-order chi connectivity index (χ0) is 21.8. The quantitative estimate of drug-likeness (QED) is 0.262. The molecule has 4 rings (SSSR count). The second kappa shape index (κ2) is 13.9. The Balaban J connectivity index is 0.00000306. The Bertz CT molecular complexity index is 1030. The lowest BCUT2D eigenvalue weighted by molar-refractivity contribution is 0.0498. The molecule has 4 aromatic rings. The fourth-order valence-corrected chi connectivity index (χ4v) is 3.77. The van der Waals surface area contributed by atoms with Crippen LogP contribution in [0, 0.1) is 0 Å². The Hall–Kier alpha value is -2.47. The van der Waals surface area contributed by atoms with Gasteiger partial charge in [-0.15, -0.1) is 12.4 Å². The zero-order valence-electron chi connectivity index (χ0n) is 19.0. The van der Waals surface area contributed by atoms with E-state index in [4.69, 9.17) is 9.47 Å². The molecular weight excluding hydrogens is 432 g/mol. The molecule has 0 heterocycles. The van der Waals surface area contributed by atoms with Crippen LogP contribution in [0.15, 0.2) is 84.9 Å². The highest BCUT2D eigenvalue weighted by molar-refractivity contribution is 5.85. The van der Waals surface area contributed by atoms with Gasteiger partial charge in [0.25, 0.3) is 0 Å². The van der Waals surface area contributed by atoms with E-state index < -0.39 is 0 Å². The molecule has 174 valence electrons. The molecule has 4 aromatic carbocycles. The van der Waals surface area contributed by atoms with Crippen molar-refractivity contribution in [1.82, 2.24) is 10.6 Å². The average Bonchev–Trinajstić information content (AvgIpc) is 2.84. The minimum atomic E-state index is 0. The van der Waals surface area contributed by atoms with Crippen molar-refractivity contribution in [3.8, 4) is 0 Å². The van der Waals surface area contributed by atoms with Gasteiger partial charge in [0.15, 0.2) is 0 Å². The Kier molecular flexibility index (Phi) is 10.6. The van der Waals surface area contributed by atoms with Crippen molar-refractivity contribution in [2.75, 3.05) is 39.5 Å². The lowest BCUT2D eigenvalue weighted by Gasteiger charge is -2.09. The first-order valence-corrected chi connectivity index (χ1v) is 11.4. The fourth-order valence-electron chi connectivity index (χ4n) is 3.77. The summed E-state index contributed by atoms with van der Waals surface area (Å²) in [5, 5.41) is 12.0. The molecule has 0 radical (unpaired) electrons. The van der Waals surface area contributed by atoms with Crippen molar-refractivity contribution in [2.24, 2.45) is 0 Å². The second-order valence-electron chi connectivity index (χ2n) is 7.94. The van der Waals surface area contributed by atoms with Crippen LogP contribution in [-0.4, -0.2) is 39.5 Å². The largest absolute Gasteiger partial charge is 0.378 e. The fraction of sp³-hybridized carbons (Fsp3) is 0.286. The summed E-state index contributed by atoms with van der Waals surface area (Å²) in [6.45, 7) is 6.01. The summed E-state index contributed by atoms with van der Waals surface area (Å²) in [5.41, 5.74) is 2.59. The smallest absolute Gasteiger partial charge is 0.0701 e. The third kappa shape index (κ3) is 8.11. The standard InChI is InChI=1S/C28H32N2O2.ClH/c1-3-7-27-19-23(9-11-25(27)5-1)21-29-13-15-31-17-18-32-16-14-30-22-24-10-12-26-6-2-4-8-28(26)20-24;/h1-12,19-20,29-30H,13-18,21-22H2;1H. The molecule has 0 saturated heterocycles. The van der Waals surface area contributed by atoms with Crippen LogP contribution in [0.25, 0.3) is 21.5 Å². The number of hydrogen-bond donors (Lipinski definition) is 2. The van der Waals surface area contributed by atoms with Crippen molar-refractivity contribution >= 4 is 34.0 Å². The van der Waals surface area contributed by atoms with Gasteiger partial charge in [-0.05, 0) is 44.8 Å². The van der Waals surface area contributed by atoms with Crippen molar-refractivity contribution in [3.63, 3.8) is 0 Å². The van der Waals surface area contributed by atoms with E-state index in [1.54, 1.807) is 0 Å². The summed E-state index contributed by atoms with van der Waals surface area (Å²) < 4.78 is 11.3. The summed E-state index contributed by atoms with van der Waals surface area (Å²) >= 11 is 0. The molecule has 0 fully saturated rings. The molecule has 0 aliphatic carbocycles. The maximum absolute atomic E-state index is 5.65. The van der Waals surface area contributed by atoms with Gasteiger partial charge in [-0.3, -0.25) is 0 Å². The molecule has 0 aliphatic heterocycles. The predicted octanol–water partition coefficient (Wildman–Crippen LogP) is 5.33. The highest BCUT2D eigenvalue weighted by Gasteiger charge is 1.98. The normalized spacial score (nSPS) is 11.0. The lowest BCUT2D eigenvalue weighted by atomic mass is 10.1. The SMILES string of the molecule is Cl.c1ccc2cc(CNCCOCCOCCNCc3ccc4ccccc4c3)ccc2c1. The van der Waals surface area contributed by atoms with Gasteiger partial charge < -0.3 is 20.1 Å². The first-order valence-electron chi connectivity index (χ1n) is 11.4. The highest BCUT2D eigenvalue weighted by Crippen LogP contribution is 2.16. The van der Waals surface area contributed by atoms with E-state index in [2.05, 4.69) is 95.6 Å². The number of nitrogens with one attached hydrogen (secondary N) is 2. The second-order valence-corrected chi connectivity index (χ2v) is 7.94. The van der Waals surface area contributed by atoms with Gasteiger partial charge in [-0.2, -0.15) is 0 Å². The summed E-state index contributed by atoms with van der Waals surface area (Å²) in [6, 6.07) is 30.1. The summed E-state index contributed by atoms with van der Waals surface area (Å²) in [5.74, 6) is 0. The van der Waals surface area contributed by atoms with Crippen LogP contribution in [0.1, 0.15) is 11.1 Å². The van der Waals surface area contributed by atoms with Gasteiger partial charge >= 0.3 is 0 Å². The monoisotopic (exact) mass is 464 g/mol. The Labute approximate surface area is 202 Å². The van der Waals surface area contributed by atoms with Crippen LogP contribution < -0.4 is 10.6 Å². The molecule has 0 saturated carbocycles. The number of ether oxygens (including phenoxy) is 2. The first-order chi connectivity index (χ1) is 15.9. The Morgan fingerprint density at radius 1 is 0.485 bits per heavy atom. The van der Waals surface area contributed by atoms with Crippen LogP contribution in [-0.2, 0) is 22.6 Å². The zero-order valence-corrected chi connectivity index (χ0v) is 19.8. The topological polar surface area (TPSA) is 42.5 Å². The first kappa shape index (κ1) is 25.2. The van der Waals surface area contributed by atoms with Crippen LogP contribution in [0.5, 0.6) is 0 Å². The van der Waals surface area contributed by atoms with E-state index >= 15 is 0 Å². The molecule has 0 spiro atoms. The van der Waals surface area contributed by atoms with Crippen molar-refractivity contribution in [3.05, 3.63) is 96.1 Å². The van der Waals surface area contributed by atoms with Crippen LogP contribution in [0.4, 0.5) is 0 Å². The Morgan fingerprint density at radius 2 is 0.909 bits per heavy atom. The number of benzene rings is 4. The Morgan fingerprint density at radius 3 is 1.36 bits per heavy atom. The van der Waals surface area contributed by atoms with E-state index in [1.807, 2.05) is 0 Å². The van der Waals surface area contributed by atoms with Crippen molar-refractivity contribution in [2.45, 2.75) is 13.1 Å². The highest BCUT2D eigenvalue weighted by atomic mass is 35.5. The van der Waals surface area contributed by atoms with Gasteiger partial charge in [0.2, 0.25) is 0 Å². The van der Waals surface area contributed by atoms with Crippen molar-refractivity contribution < 1.29 is 9.47 Å². The molecule has 0 aliphatic rings. The van der Waals surface area contributed by atoms with Gasteiger partial charge in [0.1, 0.15) is 0 Å². The van der Waals surface area contributed by atoms with Gasteiger partial charge in [-0.1, -0.05) is 72.8 Å².